The maximum Gasteiger partial charge on any atom is 0.408 e. The summed E-state index contributed by atoms with van der Waals surface area (Å²) >= 11 is 0. The molecule has 270 valence electrons. The first kappa shape index (κ1) is 40.4. The number of amides is 4. The van der Waals surface area contributed by atoms with E-state index in [9.17, 15) is 33.6 Å². The van der Waals surface area contributed by atoms with E-state index in [0.717, 1.165) is 17.7 Å². The molecule has 0 bridgehead atoms. The van der Waals surface area contributed by atoms with Crippen molar-refractivity contribution < 1.29 is 47.8 Å². The molecule has 14 heteroatoms. The first-order chi connectivity index (χ1) is 23.3. The van der Waals surface area contributed by atoms with Gasteiger partial charge in [-0.15, -0.1) is 0 Å². The zero-order valence-corrected chi connectivity index (χ0v) is 29.2. The van der Waals surface area contributed by atoms with E-state index in [1.54, 1.807) is 45.0 Å². The zero-order chi connectivity index (χ0) is 36.5. The molecule has 0 saturated carbocycles. The Hall–Kier alpha value is -4.75. The third-order valence-corrected chi connectivity index (χ3v) is 7.77. The molecule has 1 aromatic carbocycles. The van der Waals surface area contributed by atoms with Gasteiger partial charge in [-0.3, -0.25) is 19.2 Å². The van der Waals surface area contributed by atoms with E-state index in [2.05, 4.69) is 16.0 Å². The lowest BCUT2D eigenvalue weighted by Gasteiger charge is -2.32. The minimum absolute atomic E-state index is 0.0677. The van der Waals surface area contributed by atoms with Crippen molar-refractivity contribution in [3.8, 4) is 0 Å². The number of esters is 2. The number of rotatable bonds is 18. The van der Waals surface area contributed by atoms with E-state index in [1.165, 1.54) is 12.0 Å². The summed E-state index contributed by atoms with van der Waals surface area (Å²) in [5.41, 5.74) is 0.717. The van der Waals surface area contributed by atoms with Gasteiger partial charge in [0.2, 0.25) is 17.7 Å². The SMILES string of the molecule is CCOC(=O)/C=C\C(=O)CCC(NC(=O)OCc1ccccc1)C(=O)NC(C(=O)N1CCCC1C(=O)NC(CC(C)C)C(=O)OC)C(C)C. The topological polar surface area (TPSA) is 187 Å². The van der Waals surface area contributed by atoms with Crippen LogP contribution in [0.1, 0.15) is 72.3 Å². The quantitative estimate of drug-likeness (QED) is 0.118. The number of alkyl carbamates (subject to hydrolysis) is 1. The zero-order valence-electron chi connectivity index (χ0n) is 29.2. The van der Waals surface area contributed by atoms with Crippen LogP contribution in [0, 0.1) is 11.8 Å². The van der Waals surface area contributed by atoms with Crippen molar-refractivity contribution >= 4 is 41.5 Å². The van der Waals surface area contributed by atoms with Gasteiger partial charge in [-0.2, -0.15) is 0 Å². The normalized spacial score (nSPS) is 16.1. The van der Waals surface area contributed by atoms with E-state index in [1.807, 2.05) is 19.9 Å². The molecule has 0 aromatic heterocycles. The number of nitrogens with one attached hydrogen (secondary N) is 3. The van der Waals surface area contributed by atoms with Crippen molar-refractivity contribution in [1.82, 2.24) is 20.9 Å². The summed E-state index contributed by atoms with van der Waals surface area (Å²) in [6.45, 7) is 9.23. The molecule has 4 atom stereocenters. The van der Waals surface area contributed by atoms with Crippen LogP contribution in [0.5, 0.6) is 0 Å². The molecule has 1 aliphatic rings. The van der Waals surface area contributed by atoms with Gasteiger partial charge in [-0.05, 0) is 56.1 Å². The second-order valence-electron chi connectivity index (χ2n) is 12.5. The standard InChI is InChI=1S/C35H50N4O10/c1-7-48-29(41)18-16-25(40)15-17-26(37-35(46)49-21-24-12-9-8-10-13-24)31(42)38-30(23(4)5)33(44)39-19-11-14-28(39)32(43)36-27(20-22(2)3)34(45)47-6/h8-10,12-13,16,18,22-23,26-28,30H,7,11,14-15,17,19-21H2,1-6H3,(H,36,43)(H,37,46)(H,38,42)/b18-16-. The van der Waals surface area contributed by atoms with Crippen LogP contribution in [0.25, 0.3) is 0 Å². The molecular formula is C35H50N4O10. The Labute approximate surface area is 287 Å². The summed E-state index contributed by atoms with van der Waals surface area (Å²) < 4.78 is 14.9. The van der Waals surface area contributed by atoms with Crippen molar-refractivity contribution in [2.45, 2.75) is 97.5 Å². The number of carbonyl (C=O) groups is 7. The second kappa shape index (κ2) is 20.6. The van der Waals surface area contributed by atoms with Crippen molar-refractivity contribution in [3.63, 3.8) is 0 Å². The van der Waals surface area contributed by atoms with Crippen LogP contribution in [-0.4, -0.2) is 90.9 Å². The van der Waals surface area contributed by atoms with Crippen molar-refractivity contribution in [2.24, 2.45) is 11.8 Å². The van der Waals surface area contributed by atoms with Gasteiger partial charge in [0.25, 0.3) is 0 Å². The summed E-state index contributed by atoms with van der Waals surface area (Å²) in [6.07, 6.45) is 1.96. The fourth-order valence-electron chi connectivity index (χ4n) is 5.24. The van der Waals surface area contributed by atoms with Gasteiger partial charge in [0.15, 0.2) is 5.78 Å². The van der Waals surface area contributed by atoms with Crippen molar-refractivity contribution in [3.05, 3.63) is 48.0 Å². The molecule has 4 unspecified atom stereocenters. The van der Waals surface area contributed by atoms with E-state index in [0.29, 0.717) is 19.3 Å². The highest BCUT2D eigenvalue weighted by molar-refractivity contribution is 5.97. The Bertz CT molecular complexity index is 1330. The van der Waals surface area contributed by atoms with E-state index in [-0.39, 0.29) is 38.5 Å². The van der Waals surface area contributed by atoms with Gasteiger partial charge < -0.3 is 35.1 Å². The number of benzene rings is 1. The van der Waals surface area contributed by atoms with Crippen LogP contribution < -0.4 is 16.0 Å². The van der Waals surface area contributed by atoms with Crippen LogP contribution in [-0.2, 0) is 49.6 Å². The number of ketones is 1. The summed E-state index contributed by atoms with van der Waals surface area (Å²) in [7, 11) is 1.24. The van der Waals surface area contributed by atoms with Crippen LogP contribution in [0.2, 0.25) is 0 Å². The monoisotopic (exact) mass is 686 g/mol. The predicted octanol–water partition coefficient (Wildman–Crippen LogP) is 2.59. The van der Waals surface area contributed by atoms with E-state index in [4.69, 9.17) is 14.2 Å². The molecule has 2 rings (SSSR count). The molecule has 1 saturated heterocycles. The number of ether oxygens (including phenoxy) is 3. The Morgan fingerprint density at radius 3 is 2.22 bits per heavy atom. The second-order valence-corrected chi connectivity index (χ2v) is 12.5. The van der Waals surface area contributed by atoms with E-state index >= 15 is 0 Å². The van der Waals surface area contributed by atoms with Gasteiger partial charge in [-0.1, -0.05) is 58.0 Å². The molecule has 0 aliphatic carbocycles. The molecule has 0 spiro atoms. The van der Waals surface area contributed by atoms with Gasteiger partial charge in [-0.25, -0.2) is 14.4 Å². The lowest BCUT2D eigenvalue weighted by Crippen LogP contribution is -2.59. The van der Waals surface area contributed by atoms with Crippen LogP contribution >= 0.6 is 0 Å². The largest absolute Gasteiger partial charge is 0.467 e. The Morgan fingerprint density at radius 2 is 1.61 bits per heavy atom. The fourth-order valence-corrected chi connectivity index (χ4v) is 5.24. The Kier molecular flexibility index (Phi) is 17.0. The first-order valence-electron chi connectivity index (χ1n) is 16.6. The van der Waals surface area contributed by atoms with E-state index < -0.39 is 71.6 Å². The van der Waals surface area contributed by atoms with Crippen LogP contribution in [0.15, 0.2) is 42.5 Å². The third kappa shape index (κ3) is 13.7. The number of hydrogen-bond donors (Lipinski definition) is 3. The fraction of sp³-hybridized carbons (Fsp3) is 0.571. The average molecular weight is 687 g/mol. The molecule has 1 aromatic rings. The summed E-state index contributed by atoms with van der Waals surface area (Å²) in [5.74, 6) is -3.84. The maximum absolute atomic E-state index is 13.9. The van der Waals surface area contributed by atoms with Crippen LogP contribution in [0.3, 0.4) is 0 Å². The van der Waals surface area contributed by atoms with Gasteiger partial charge in [0.05, 0.1) is 13.7 Å². The minimum Gasteiger partial charge on any atom is -0.467 e. The molecule has 14 nitrogen and oxygen atoms in total. The number of nitrogens with zero attached hydrogens (tertiary/aromatic N) is 1. The molecule has 49 heavy (non-hydrogen) atoms. The number of methoxy groups -OCH3 is 1. The third-order valence-electron chi connectivity index (χ3n) is 7.77. The Morgan fingerprint density at radius 1 is 0.918 bits per heavy atom. The number of hydrogen-bond acceptors (Lipinski definition) is 10. The first-order valence-corrected chi connectivity index (χ1v) is 16.6. The number of carbonyl (C=O) groups excluding carboxylic acids is 7. The average Bonchev–Trinajstić information content (AvgIpc) is 3.56. The summed E-state index contributed by atoms with van der Waals surface area (Å²) in [5, 5.41) is 7.92. The molecule has 3 N–H and O–H groups in total. The molecule has 1 heterocycles. The molecule has 0 radical (unpaired) electrons. The Balaban J connectivity index is 2.20. The summed E-state index contributed by atoms with van der Waals surface area (Å²) in [6, 6.07) is 4.78. The number of allylic oxidation sites excluding steroid dienone is 1. The smallest absolute Gasteiger partial charge is 0.408 e. The molecule has 4 amide bonds. The van der Waals surface area contributed by atoms with Crippen LogP contribution in [0.4, 0.5) is 4.79 Å². The van der Waals surface area contributed by atoms with Crippen molar-refractivity contribution in [2.75, 3.05) is 20.3 Å². The molecule has 1 aliphatic heterocycles. The molecular weight excluding hydrogens is 636 g/mol. The summed E-state index contributed by atoms with van der Waals surface area (Å²) in [4.78, 5) is 91.4. The maximum atomic E-state index is 13.9. The van der Waals surface area contributed by atoms with Gasteiger partial charge in [0, 0.05) is 19.0 Å². The lowest BCUT2D eigenvalue weighted by atomic mass is 10.00. The van der Waals surface area contributed by atoms with Gasteiger partial charge >= 0.3 is 18.0 Å². The minimum atomic E-state index is -1.29. The predicted molar refractivity (Wildman–Crippen MR) is 178 cm³/mol. The molecule has 1 fully saturated rings. The lowest BCUT2D eigenvalue weighted by molar-refractivity contribution is -0.147. The van der Waals surface area contributed by atoms with Gasteiger partial charge in [0.1, 0.15) is 30.8 Å². The highest BCUT2D eigenvalue weighted by atomic mass is 16.5. The highest BCUT2D eigenvalue weighted by Gasteiger charge is 2.40. The van der Waals surface area contributed by atoms with Crippen molar-refractivity contribution in [1.29, 1.82) is 0 Å². The number of likely N-dealkylation sites (tertiary alicyclic amines) is 1. The highest BCUT2D eigenvalue weighted by Crippen LogP contribution is 2.21.